The fourth-order valence-electron chi connectivity index (χ4n) is 2.05. The van der Waals surface area contributed by atoms with Gasteiger partial charge in [-0.1, -0.05) is 42.8 Å². The Morgan fingerprint density at radius 1 is 1.32 bits per heavy atom. The molecule has 0 atom stereocenters. The van der Waals surface area contributed by atoms with Gasteiger partial charge in [-0.3, -0.25) is 9.48 Å². The summed E-state index contributed by atoms with van der Waals surface area (Å²) in [6, 6.07) is 7.73. The number of ketones is 1. The van der Waals surface area contributed by atoms with Gasteiger partial charge < -0.3 is 0 Å². The minimum atomic E-state index is 0.0625. The molecule has 0 saturated heterocycles. The van der Waals surface area contributed by atoms with Crippen LogP contribution >= 0.6 is 11.6 Å². The largest absolute Gasteiger partial charge is 0.294 e. The molecular weight excluding hydrogens is 260 g/mol. The minimum Gasteiger partial charge on any atom is -0.294 e. The number of halogens is 1. The van der Waals surface area contributed by atoms with Crippen LogP contribution < -0.4 is 0 Å². The predicted octanol–water partition coefficient (Wildman–Crippen LogP) is 3.37. The zero-order valence-electron chi connectivity index (χ0n) is 11.4. The minimum absolute atomic E-state index is 0.0625. The molecule has 0 radical (unpaired) electrons. The molecule has 3 nitrogen and oxygen atoms in total. The van der Waals surface area contributed by atoms with Gasteiger partial charge in [0, 0.05) is 12.6 Å². The van der Waals surface area contributed by atoms with Gasteiger partial charge in [-0.2, -0.15) is 5.10 Å². The van der Waals surface area contributed by atoms with E-state index in [9.17, 15) is 4.79 Å². The van der Waals surface area contributed by atoms with Gasteiger partial charge in [0.25, 0.3) is 0 Å². The molecule has 0 N–H and O–H groups in total. The van der Waals surface area contributed by atoms with Gasteiger partial charge in [-0.25, -0.2) is 0 Å². The summed E-state index contributed by atoms with van der Waals surface area (Å²) in [6.07, 6.45) is 1.25. The predicted molar refractivity (Wildman–Crippen MR) is 76.8 cm³/mol. The Morgan fingerprint density at radius 2 is 1.95 bits per heavy atom. The van der Waals surface area contributed by atoms with Crippen LogP contribution in [0, 0.1) is 6.92 Å². The molecule has 1 aromatic heterocycles. The van der Waals surface area contributed by atoms with Crippen LogP contribution in [0.25, 0.3) is 0 Å². The standard InChI is InChI=1S/C15H17ClN2O/c1-4-11-5-7-12(8-6-11)14(19)9-13-15(16)10(2)17-18(13)3/h5-8H,4,9H2,1-3H3. The molecule has 100 valence electrons. The third-order valence-corrected chi connectivity index (χ3v) is 3.77. The third kappa shape index (κ3) is 2.87. The summed E-state index contributed by atoms with van der Waals surface area (Å²) in [7, 11) is 1.81. The maximum Gasteiger partial charge on any atom is 0.168 e. The van der Waals surface area contributed by atoms with Crippen LogP contribution in [0.1, 0.15) is 34.2 Å². The lowest BCUT2D eigenvalue weighted by molar-refractivity contribution is 0.0990. The van der Waals surface area contributed by atoms with Crippen molar-refractivity contribution in [1.29, 1.82) is 0 Å². The summed E-state index contributed by atoms with van der Waals surface area (Å²) < 4.78 is 1.68. The molecule has 0 spiro atoms. The van der Waals surface area contributed by atoms with Crippen molar-refractivity contribution in [2.24, 2.45) is 7.05 Å². The molecule has 0 aliphatic carbocycles. The third-order valence-electron chi connectivity index (χ3n) is 3.27. The number of Topliss-reactive ketones (excluding diaryl/α,β-unsaturated/α-hetero) is 1. The smallest absolute Gasteiger partial charge is 0.168 e. The summed E-state index contributed by atoms with van der Waals surface area (Å²) in [6.45, 7) is 3.93. The van der Waals surface area contributed by atoms with E-state index in [1.807, 2.05) is 38.2 Å². The number of carbonyl (C=O) groups excluding carboxylic acids is 1. The summed E-state index contributed by atoms with van der Waals surface area (Å²) >= 11 is 6.16. The first-order valence-corrected chi connectivity index (χ1v) is 6.70. The van der Waals surface area contributed by atoms with E-state index in [2.05, 4.69) is 12.0 Å². The number of aryl methyl sites for hydroxylation is 3. The van der Waals surface area contributed by atoms with E-state index in [-0.39, 0.29) is 12.2 Å². The molecule has 0 saturated carbocycles. The normalized spacial score (nSPS) is 10.7. The lowest BCUT2D eigenvalue weighted by atomic mass is 10.0. The molecule has 4 heteroatoms. The van der Waals surface area contributed by atoms with E-state index in [1.54, 1.807) is 4.68 Å². The van der Waals surface area contributed by atoms with Crippen molar-refractivity contribution in [3.8, 4) is 0 Å². The average molecular weight is 277 g/mol. The van der Waals surface area contributed by atoms with E-state index >= 15 is 0 Å². The molecule has 1 aromatic carbocycles. The van der Waals surface area contributed by atoms with E-state index in [0.717, 1.165) is 17.8 Å². The number of carbonyl (C=O) groups is 1. The number of nitrogens with zero attached hydrogens (tertiary/aromatic N) is 2. The highest BCUT2D eigenvalue weighted by Gasteiger charge is 2.15. The molecule has 0 amide bonds. The summed E-state index contributed by atoms with van der Waals surface area (Å²) in [4.78, 5) is 12.2. The van der Waals surface area contributed by atoms with E-state index in [1.165, 1.54) is 5.56 Å². The number of hydrogen-bond acceptors (Lipinski definition) is 2. The Morgan fingerprint density at radius 3 is 2.42 bits per heavy atom. The van der Waals surface area contributed by atoms with Crippen molar-refractivity contribution < 1.29 is 4.79 Å². The van der Waals surface area contributed by atoms with Crippen LogP contribution in [0.15, 0.2) is 24.3 Å². The summed E-state index contributed by atoms with van der Waals surface area (Å²) in [5.74, 6) is 0.0625. The molecular formula is C15H17ClN2O. The molecule has 0 aliphatic heterocycles. The highest BCUT2D eigenvalue weighted by atomic mass is 35.5. The van der Waals surface area contributed by atoms with E-state index in [4.69, 9.17) is 11.6 Å². The number of benzene rings is 1. The fraction of sp³-hybridized carbons (Fsp3) is 0.333. The second-order valence-corrected chi connectivity index (χ2v) is 5.00. The summed E-state index contributed by atoms with van der Waals surface area (Å²) in [5, 5.41) is 4.80. The maximum atomic E-state index is 12.2. The van der Waals surface area contributed by atoms with Crippen LogP contribution in [0.3, 0.4) is 0 Å². The van der Waals surface area contributed by atoms with Crippen molar-refractivity contribution in [2.45, 2.75) is 26.7 Å². The van der Waals surface area contributed by atoms with Gasteiger partial charge in [0.2, 0.25) is 0 Å². The Balaban J connectivity index is 2.20. The second-order valence-electron chi connectivity index (χ2n) is 4.62. The molecule has 1 heterocycles. The summed E-state index contributed by atoms with van der Waals surface area (Å²) in [5.41, 5.74) is 3.47. The molecule has 2 rings (SSSR count). The first-order valence-electron chi connectivity index (χ1n) is 6.33. The van der Waals surface area contributed by atoms with Crippen molar-refractivity contribution in [1.82, 2.24) is 9.78 Å². The van der Waals surface area contributed by atoms with Crippen molar-refractivity contribution >= 4 is 17.4 Å². The van der Waals surface area contributed by atoms with Gasteiger partial charge >= 0.3 is 0 Å². The SMILES string of the molecule is CCc1ccc(C(=O)Cc2c(Cl)c(C)nn2C)cc1. The zero-order valence-corrected chi connectivity index (χ0v) is 12.2. The Kier molecular flexibility index (Phi) is 4.05. The Bertz CT molecular complexity index is 599. The quantitative estimate of drug-likeness (QED) is 0.803. The molecule has 2 aromatic rings. The van der Waals surface area contributed by atoms with Crippen LogP contribution in [0.4, 0.5) is 0 Å². The molecule has 0 fully saturated rings. The van der Waals surface area contributed by atoms with E-state index in [0.29, 0.717) is 10.6 Å². The number of hydrogen-bond donors (Lipinski definition) is 0. The number of aromatic nitrogens is 2. The number of rotatable bonds is 4. The Hall–Kier alpha value is -1.61. The molecule has 0 aliphatic rings. The first kappa shape index (κ1) is 13.8. The first-order chi connectivity index (χ1) is 9.02. The molecule has 0 bridgehead atoms. The van der Waals surface area contributed by atoms with Gasteiger partial charge in [0.05, 0.1) is 22.8 Å². The van der Waals surface area contributed by atoms with Gasteiger partial charge in [-0.05, 0) is 18.9 Å². The molecule has 19 heavy (non-hydrogen) atoms. The molecule has 0 unspecified atom stereocenters. The van der Waals surface area contributed by atoms with Crippen molar-refractivity contribution in [3.05, 3.63) is 51.8 Å². The van der Waals surface area contributed by atoms with Crippen LogP contribution in [-0.4, -0.2) is 15.6 Å². The van der Waals surface area contributed by atoms with Crippen LogP contribution in [-0.2, 0) is 19.9 Å². The average Bonchev–Trinajstić information content (AvgIpc) is 2.65. The monoisotopic (exact) mass is 276 g/mol. The zero-order chi connectivity index (χ0) is 14.0. The van der Waals surface area contributed by atoms with Gasteiger partial charge in [-0.15, -0.1) is 0 Å². The van der Waals surface area contributed by atoms with Crippen molar-refractivity contribution in [3.63, 3.8) is 0 Å². The van der Waals surface area contributed by atoms with Crippen LogP contribution in [0.5, 0.6) is 0 Å². The topological polar surface area (TPSA) is 34.9 Å². The van der Waals surface area contributed by atoms with Gasteiger partial charge in [0.15, 0.2) is 5.78 Å². The second kappa shape index (κ2) is 5.57. The van der Waals surface area contributed by atoms with Crippen LogP contribution in [0.2, 0.25) is 5.02 Å². The fourth-order valence-corrected chi connectivity index (χ4v) is 2.28. The van der Waals surface area contributed by atoms with Gasteiger partial charge in [0.1, 0.15) is 0 Å². The highest BCUT2D eigenvalue weighted by Crippen LogP contribution is 2.21. The lowest BCUT2D eigenvalue weighted by Crippen LogP contribution is -2.08. The maximum absolute atomic E-state index is 12.2. The highest BCUT2D eigenvalue weighted by molar-refractivity contribution is 6.32. The van der Waals surface area contributed by atoms with Crippen molar-refractivity contribution in [2.75, 3.05) is 0 Å². The Labute approximate surface area is 118 Å². The lowest BCUT2D eigenvalue weighted by Gasteiger charge is -2.04. The van der Waals surface area contributed by atoms with E-state index < -0.39 is 0 Å².